The highest BCUT2D eigenvalue weighted by atomic mass is 14.2. The topological polar surface area (TPSA) is 0 Å². The van der Waals surface area contributed by atoms with Crippen LogP contribution >= 0.6 is 0 Å². The van der Waals surface area contributed by atoms with E-state index in [1.807, 2.05) is 0 Å². The van der Waals surface area contributed by atoms with E-state index < -0.39 is 0 Å². The van der Waals surface area contributed by atoms with E-state index in [0.29, 0.717) is 0 Å². The second-order valence-electron chi connectivity index (χ2n) is 24.9. The number of hydrogen-bond donors (Lipinski definition) is 0. The van der Waals surface area contributed by atoms with Gasteiger partial charge in [0.15, 0.2) is 0 Å². The minimum Gasteiger partial charge on any atom is -0.0622 e. The third-order valence-electron chi connectivity index (χ3n) is 19.6. The first kappa shape index (κ1) is 54.7. The number of benzene rings is 19. The van der Waals surface area contributed by atoms with Crippen molar-refractivity contribution in [3.8, 4) is 77.9 Å². The lowest BCUT2D eigenvalue weighted by Crippen LogP contribution is -1.92. The van der Waals surface area contributed by atoms with Crippen LogP contribution in [0.2, 0.25) is 0 Å². The average Bonchev–Trinajstić information content (AvgIpc) is 0.731. The summed E-state index contributed by atoms with van der Waals surface area (Å²) in [6, 6.07) is 134. The Morgan fingerprint density at radius 3 is 0.745 bits per heavy atom. The molecule has 19 rings (SSSR count). The average molecular weight is 1190 g/mol. The van der Waals surface area contributed by atoms with Gasteiger partial charge in [0.1, 0.15) is 0 Å². The zero-order valence-electron chi connectivity index (χ0n) is 51.6. The van der Waals surface area contributed by atoms with Gasteiger partial charge in [0, 0.05) is 0 Å². The Bertz CT molecular complexity index is 6100. The van der Waals surface area contributed by atoms with E-state index in [1.165, 1.54) is 186 Å². The summed E-state index contributed by atoms with van der Waals surface area (Å²) in [5.41, 5.74) is 17.6. The molecule has 0 unspecified atom stereocenters. The Morgan fingerprint density at radius 2 is 0.362 bits per heavy atom. The maximum Gasteiger partial charge on any atom is -0.00199 e. The lowest BCUT2D eigenvalue weighted by molar-refractivity contribution is 1.60. The van der Waals surface area contributed by atoms with Crippen molar-refractivity contribution in [1.29, 1.82) is 0 Å². The highest BCUT2D eigenvalue weighted by Crippen LogP contribution is 2.49. The second-order valence-corrected chi connectivity index (χ2v) is 24.9. The summed E-state index contributed by atoms with van der Waals surface area (Å²) in [5, 5.41) is 25.4. The van der Waals surface area contributed by atoms with Gasteiger partial charge in [-0.2, -0.15) is 0 Å². The monoisotopic (exact) mass is 1190 g/mol. The molecule has 0 aliphatic carbocycles. The van der Waals surface area contributed by atoms with Gasteiger partial charge in [0.25, 0.3) is 0 Å². The standard InChI is InChI=1S/C50H32.C44H28/c1-2-13-33(14-3-1)35-16-12-17-36(29-35)37-27-25-34-26-28-39(31-40(34)30-37)49-44-21-8-10-23-46(44)50(47-24-11-9-22-45(47)49)48-32-38-15-4-5-18-41(38)42-19-6-7-20-43(42)48;1-2-12-29(13-3-1)31-24-22-30-23-25-33(27-34(30)26-31)43-38-18-8-10-20-40(38)44(41-21-11-9-19-39(41)43)42-28-32-14-4-5-15-35(32)36-16-6-7-17-37(36)42/h1-32H;1-28H. The van der Waals surface area contributed by atoms with Crippen LogP contribution in [0.5, 0.6) is 0 Å². The van der Waals surface area contributed by atoms with Crippen molar-refractivity contribution in [3.63, 3.8) is 0 Å². The molecule has 19 aromatic carbocycles. The van der Waals surface area contributed by atoms with E-state index in [9.17, 15) is 0 Å². The maximum atomic E-state index is 2.40. The van der Waals surface area contributed by atoms with Crippen molar-refractivity contribution in [2.24, 2.45) is 0 Å². The molecule has 0 amide bonds. The van der Waals surface area contributed by atoms with Gasteiger partial charge in [-0.1, -0.05) is 322 Å². The molecule has 0 atom stereocenters. The third-order valence-corrected chi connectivity index (χ3v) is 19.6. The minimum atomic E-state index is 1.22. The van der Waals surface area contributed by atoms with Gasteiger partial charge in [0.05, 0.1) is 0 Å². The molecule has 0 heterocycles. The molecule has 0 saturated carbocycles. The molecule has 0 nitrogen and oxygen atoms in total. The molecular weight excluding hydrogens is 1130 g/mol. The van der Waals surface area contributed by atoms with Crippen molar-refractivity contribution in [2.45, 2.75) is 0 Å². The zero-order valence-corrected chi connectivity index (χ0v) is 51.6. The molecular formula is C94H60. The lowest BCUT2D eigenvalue weighted by atomic mass is 9.83. The molecule has 0 N–H and O–H groups in total. The molecule has 0 aliphatic heterocycles. The van der Waals surface area contributed by atoms with Gasteiger partial charge in [-0.15, -0.1) is 0 Å². The van der Waals surface area contributed by atoms with Gasteiger partial charge < -0.3 is 0 Å². The van der Waals surface area contributed by atoms with Crippen molar-refractivity contribution in [2.75, 3.05) is 0 Å². The van der Waals surface area contributed by atoms with Crippen LogP contribution in [0.25, 0.3) is 186 Å². The van der Waals surface area contributed by atoms with Crippen LogP contribution in [0.15, 0.2) is 364 Å². The molecule has 0 bridgehead atoms. The largest absolute Gasteiger partial charge is 0.0622 e. The Kier molecular flexibility index (Phi) is 13.3. The second kappa shape index (κ2) is 22.9. The van der Waals surface area contributed by atoms with E-state index in [-0.39, 0.29) is 0 Å². The lowest BCUT2D eigenvalue weighted by Gasteiger charge is -2.20. The number of rotatable bonds is 7. The first-order valence-corrected chi connectivity index (χ1v) is 32.6. The van der Waals surface area contributed by atoms with E-state index >= 15 is 0 Å². The van der Waals surface area contributed by atoms with Gasteiger partial charge in [-0.3, -0.25) is 0 Å². The van der Waals surface area contributed by atoms with Crippen LogP contribution in [0, 0.1) is 0 Å². The highest BCUT2D eigenvalue weighted by Gasteiger charge is 2.22. The fraction of sp³-hybridized carbons (Fsp3) is 0. The van der Waals surface area contributed by atoms with E-state index in [2.05, 4.69) is 364 Å². The predicted octanol–water partition coefficient (Wildman–Crippen LogP) is 26.6. The summed E-state index contributed by atoms with van der Waals surface area (Å²) < 4.78 is 0. The van der Waals surface area contributed by atoms with Gasteiger partial charge >= 0.3 is 0 Å². The molecule has 0 aromatic heterocycles. The van der Waals surface area contributed by atoms with Crippen LogP contribution in [0.4, 0.5) is 0 Å². The van der Waals surface area contributed by atoms with E-state index in [0.717, 1.165) is 0 Å². The Balaban J connectivity index is 0.000000139. The van der Waals surface area contributed by atoms with Crippen LogP contribution in [-0.4, -0.2) is 0 Å². The Hall–Kier alpha value is -12.2. The van der Waals surface area contributed by atoms with E-state index in [4.69, 9.17) is 0 Å². The van der Waals surface area contributed by atoms with Crippen LogP contribution < -0.4 is 0 Å². The molecule has 0 fully saturated rings. The van der Waals surface area contributed by atoms with Crippen molar-refractivity contribution >= 4 is 108 Å². The highest BCUT2D eigenvalue weighted by molar-refractivity contribution is 6.28. The molecule has 94 heavy (non-hydrogen) atoms. The third kappa shape index (κ3) is 9.38. The SMILES string of the molecule is c1ccc(-c2ccc3ccc(-c4c5ccccc5c(-c5cc6ccccc6c6ccccc56)c5ccccc45)cc3c2)cc1.c1ccc(-c2cccc(-c3ccc4ccc(-c5c6ccccc6c(-c6cc7ccccc7c7ccccc67)c6ccccc56)cc4c3)c2)cc1. The molecule has 0 radical (unpaired) electrons. The van der Waals surface area contributed by atoms with E-state index in [1.54, 1.807) is 0 Å². The first-order chi connectivity index (χ1) is 46.6. The maximum absolute atomic E-state index is 2.40. The smallest absolute Gasteiger partial charge is 0.00199 e. The first-order valence-electron chi connectivity index (χ1n) is 32.6. The van der Waals surface area contributed by atoms with Gasteiger partial charge in [0.2, 0.25) is 0 Å². The molecule has 0 heteroatoms. The molecule has 436 valence electrons. The normalized spacial score (nSPS) is 11.6. The fourth-order valence-corrected chi connectivity index (χ4v) is 15.3. The molecule has 0 saturated heterocycles. The van der Waals surface area contributed by atoms with Gasteiger partial charge in [-0.25, -0.2) is 0 Å². The molecule has 0 aliphatic rings. The molecule has 0 spiro atoms. The van der Waals surface area contributed by atoms with Crippen molar-refractivity contribution in [1.82, 2.24) is 0 Å². The van der Waals surface area contributed by atoms with Gasteiger partial charge in [-0.05, 0) is 228 Å². The molecule has 19 aromatic rings. The number of fused-ring (bicyclic) bond motifs is 12. The Labute approximate surface area is 546 Å². The summed E-state index contributed by atoms with van der Waals surface area (Å²) in [6.07, 6.45) is 0. The van der Waals surface area contributed by atoms with Crippen LogP contribution in [-0.2, 0) is 0 Å². The predicted molar refractivity (Wildman–Crippen MR) is 406 cm³/mol. The van der Waals surface area contributed by atoms with Crippen LogP contribution in [0.1, 0.15) is 0 Å². The zero-order chi connectivity index (χ0) is 62.1. The summed E-state index contributed by atoms with van der Waals surface area (Å²) in [7, 11) is 0. The minimum absolute atomic E-state index is 1.22. The summed E-state index contributed by atoms with van der Waals surface area (Å²) in [4.78, 5) is 0. The quantitative estimate of drug-likeness (QED) is 0.110. The number of hydrogen-bond acceptors (Lipinski definition) is 0. The summed E-state index contributed by atoms with van der Waals surface area (Å²) in [6.45, 7) is 0. The summed E-state index contributed by atoms with van der Waals surface area (Å²) >= 11 is 0. The fourth-order valence-electron chi connectivity index (χ4n) is 15.3. The van der Waals surface area contributed by atoms with Crippen LogP contribution in [0.3, 0.4) is 0 Å². The van der Waals surface area contributed by atoms with Crippen molar-refractivity contribution in [3.05, 3.63) is 364 Å². The Morgan fingerprint density at radius 1 is 0.106 bits per heavy atom. The summed E-state index contributed by atoms with van der Waals surface area (Å²) in [5.74, 6) is 0. The van der Waals surface area contributed by atoms with Crippen molar-refractivity contribution < 1.29 is 0 Å².